The molecular weight excluding hydrogens is 470 g/mol. The van der Waals surface area contributed by atoms with Crippen molar-refractivity contribution in [3.05, 3.63) is 36.0 Å². The molecule has 0 atom stereocenters. The molecule has 3 aromatic rings. The standard InChI is InChI=1S/C22H25N9O3S/c1-30-8-10-31(11-9-30)21-25-20(24-17-12-16(19(33)34)28-29-17)26-22(27-21)35-15-6-4-14(5-7-15)23-18(32)13-2-3-13/h4-7,12-13H,2-3,8-11H2,1H3,(H,23,32)(H,33,34)(H2,24,25,26,27,28,29). The lowest BCUT2D eigenvalue weighted by Gasteiger charge is -2.32. The molecule has 35 heavy (non-hydrogen) atoms. The molecule has 2 aliphatic rings. The van der Waals surface area contributed by atoms with Crippen molar-refractivity contribution in [1.29, 1.82) is 0 Å². The third-order valence-electron chi connectivity index (χ3n) is 5.72. The number of likely N-dealkylation sites (N-methyl/N-ethyl adjacent to an activating group) is 1. The number of nitrogens with zero attached hydrogens (tertiary/aromatic N) is 6. The first kappa shape index (κ1) is 23.1. The van der Waals surface area contributed by atoms with Crippen LogP contribution in [0.5, 0.6) is 0 Å². The van der Waals surface area contributed by atoms with Crippen molar-refractivity contribution < 1.29 is 14.7 Å². The van der Waals surface area contributed by atoms with E-state index in [2.05, 4.69) is 52.6 Å². The first-order valence-corrected chi connectivity index (χ1v) is 12.1. The van der Waals surface area contributed by atoms with E-state index < -0.39 is 5.97 Å². The van der Waals surface area contributed by atoms with Crippen LogP contribution in [0.2, 0.25) is 0 Å². The molecule has 1 amide bonds. The summed E-state index contributed by atoms with van der Waals surface area (Å²) in [6.07, 6.45) is 1.92. The molecule has 1 aliphatic heterocycles. The van der Waals surface area contributed by atoms with E-state index in [0.29, 0.717) is 16.9 Å². The van der Waals surface area contributed by atoms with E-state index >= 15 is 0 Å². The van der Waals surface area contributed by atoms with Gasteiger partial charge in [-0.25, -0.2) is 4.79 Å². The van der Waals surface area contributed by atoms with Crippen LogP contribution in [0.4, 0.5) is 23.4 Å². The number of carbonyl (C=O) groups is 2. The number of piperazine rings is 1. The second-order valence-corrected chi connectivity index (χ2v) is 9.56. The highest BCUT2D eigenvalue weighted by molar-refractivity contribution is 7.99. The second kappa shape index (κ2) is 9.88. The summed E-state index contributed by atoms with van der Waals surface area (Å²) in [4.78, 5) is 42.1. The lowest BCUT2D eigenvalue weighted by atomic mass is 10.3. The topological polar surface area (TPSA) is 152 Å². The molecule has 0 bridgehead atoms. The number of aromatic carboxylic acids is 1. The maximum absolute atomic E-state index is 12.0. The van der Waals surface area contributed by atoms with Gasteiger partial charge >= 0.3 is 5.97 Å². The molecule has 13 heteroatoms. The van der Waals surface area contributed by atoms with Crippen LogP contribution in [0.1, 0.15) is 23.3 Å². The summed E-state index contributed by atoms with van der Waals surface area (Å²) < 4.78 is 0. The van der Waals surface area contributed by atoms with Crippen molar-refractivity contribution in [2.24, 2.45) is 5.92 Å². The minimum absolute atomic E-state index is 0.0377. The van der Waals surface area contributed by atoms with E-state index in [9.17, 15) is 9.59 Å². The van der Waals surface area contributed by atoms with Gasteiger partial charge in [-0.15, -0.1) is 0 Å². The number of carboxylic acids is 1. The Balaban J connectivity index is 1.35. The van der Waals surface area contributed by atoms with Gasteiger partial charge in [0.2, 0.25) is 17.8 Å². The van der Waals surface area contributed by atoms with Gasteiger partial charge in [-0.1, -0.05) is 0 Å². The highest BCUT2D eigenvalue weighted by Gasteiger charge is 2.29. The molecule has 1 saturated heterocycles. The summed E-state index contributed by atoms with van der Waals surface area (Å²) in [6, 6.07) is 8.92. The SMILES string of the molecule is CN1CCN(c2nc(Nc3cc(C(=O)O)[nH]n3)nc(Sc3ccc(NC(=O)C4CC4)cc3)n2)CC1. The lowest BCUT2D eigenvalue weighted by molar-refractivity contribution is -0.117. The number of anilines is 4. The average Bonchev–Trinajstić information content (AvgIpc) is 3.59. The summed E-state index contributed by atoms with van der Waals surface area (Å²) in [6.45, 7) is 3.36. The Bertz CT molecular complexity index is 1220. The van der Waals surface area contributed by atoms with Crippen LogP contribution in [-0.4, -0.2) is 80.3 Å². The number of amides is 1. The van der Waals surface area contributed by atoms with Crippen molar-refractivity contribution in [3.63, 3.8) is 0 Å². The van der Waals surface area contributed by atoms with Gasteiger partial charge in [0.25, 0.3) is 0 Å². The quantitative estimate of drug-likeness (QED) is 0.364. The summed E-state index contributed by atoms with van der Waals surface area (Å²) in [7, 11) is 2.08. The van der Waals surface area contributed by atoms with Gasteiger partial charge in [0.15, 0.2) is 11.0 Å². The monoisotopic (exact) mass is 495 g/mol. The Morgan fingerprint density at radius 3 is 2.49 bits per heavy atom. The molecule has 5 rings (SSSR count). The van der Waals surface area contributed by atoms with Crippen LogP contribution in [0.25, 0.3) is 0 Å². The third kappa shape index (κ3) is 5.87. The number of nitrogens with one attached hydrogen (secondary N) is 3. The largest absolute Gasteiger partial charge is 0.477 e. The minimum atomic E-state index is -1.10. The van der Waals surface area contributed by atoms with Gasteiger partial charge in [0, 0.05) is 48.7 Å². The number of H-pyrrole nitrogens is 1. The van der Waals surface area contributed by atoms with E-state index in [1.165, 1.54) is 17.8 Å². The molecule has 2 fully saturated rings. The van der Waals surface area contributed by atoms with Crippen LogP contribution < -0.4 is 15.5 Å². The molecule has 1 aliphatic carbocycles. The van der Waals surface area contributed by atoms with E-state index in [4.69, 9.17) is 5.11 Å². The molecule has 4 N–H and O–H groups in total. The van der Waals surface area contributed by atoms with Crippen LogP contribution in [0, 0.1) is 5.92 Å². The fraction of sp³-hybridized carbons (Fsp3) is 0.364. The zero-order valence-corrected chi connectivity index (χ0v) is 19.9. The van der Waals surface area contributed by atoms with E-state index in [0.717, 1.165) is 49.6 Å². The van der Waals surface area contributed by atoms with Crippen molar-refractivity contribution in [2.45, 2.75) is 22.9 Å². The number of hydrogen-bond donors (Lipinski definition) is 4. The molecule has 12 nitrogen and oxygen atoms in total. The predicted octanol–water partition coefficient (Wildman–Crippen LogP) is 2.29. The summed E-state index contributed by atoms with van der Waals surface area (Å²) >= 11 is 1.37. The molecule has 0 spiro atoms. The maximum Gasteiger partial charge on any atom is 0.353 e. The number of rotatable bonds is 8. The Hall–Kier alpha value is -3.71. The van der Waals surface area contributed by atoms with Gasteiger partial charge in [-0.05, 0) is 55.9 Å². The highest BCUT2D eigenvalue weighted by atomic mass is 32.2. The van der Waals surface area contributed by atoms with E-state index in [-0.39, 0.29) is 23.5 Å². The van der Waals surface area contributed by atoms with Crippen LogP contribution in [0.15, 0.2) is 40.4 Å². The lowest BCUT2D eigenvalue weighted by Crippen LogP contribution is -2.45. The number of carbonyl (C=O) groups excluding carboxylic acids is 1. The first-order valence-electron chi connectivity index (χ1n) is 11.3. The fourth-order valence-electron chi connectivity index (χ4n) is 3.51. The average molecular weight is 496 g/mol. The van der Waals surface area contributed by atoms with Crippen molar-refractivity contribution in [2.75, 3.05) is 48.8 Å². The Labute approximate surface area is 205 Å². The summed E-state index contributed by atoms with van der Waals surface area (Å²) in [5, 5.41) is 22.0. The normalized spacial score (nSPS) is 16.2. The third-order valence-corrected chi connectivity index (χ3v) is 6.59. The number of carboxylic acid groups (broad SMARTS) is 1. The van der Waals surface area contributed by atoms with E-state index in [1.807, 2.05) is 24.3 Å². The molecule has 0 radical (unpaired) electrons. The van der Waals surface area contributed by atoms with Crippen molar-refractivity contribution in [3.8, 4) is 0 Å². The highest BCUT2D eigenvalue weighted by Crippen LogP contribution is 2.31. The Kier molecular flexibility index (Phi) is 6.51. The van der Waals surface area contributed by atoms with Crippen molar-refractivity contribution >= 4 is 47.0 Å². The molecule has 0 unspecified atom stereocenters. The summed E-state index contributed by atoms with van der Waals surface area (Å²) in [5.74, 6) is 0.222. The van der Waals surface area contributed by atoms with E-state index in [1.54, 1.807) is 0 Å². The van der Waals surface area contributed by atoms with Gasteiger partial charge in [-0.2, -0.15) is 20.1 Å². The number of aromatic nitrogens is 5. The van der Waals surface area contributed by atoms with Crippen molar-refractivity contribution in [1.82, 2.24) is 30.0 Å². The number of hydrogen-bond acceptors (Lipinski definition) is 10. The molecule has 1 aromatic carbocycles. The van der Waals surface area contributed by atoms with Crippen LogP contribution >= 0.6 is 11.8 Å². The molecular formula is C22H25N9O3S. The van der Waals surface area contributed by atoms with Gasteiger partial charge in [-0.3, -0.25) is 9.89 Å². The number of benzene rings is 1. The molecule has 182 valence electrons. The fourth-order valence-corrected chi connectivity index (χ4v) is 4.25. The van der Waals surface area contributed by atoms with Crippen LogP contribution in [-0.2, 0) is 4.79 Å². The maximum atomic E-state index is 12.0. The smallest absolute Gasteiger partial charge is 0.353 e. The second-order valence-electron chi connectivity index (χ2n) is 8.52. The summed E-state index contributed by atoms with van der Waals surface area (Å²) in [5.41, 5.74) is 0.722. The first-order chi connectivity index (χ1) is 16.9. The van der Waals surface area contributed by atoms with Crippen LogP contribution in [0.3, 0.4) is 0 Å². The molecule has 2 aromatic heterocycles. The Morgan fingerprint density at radius 1 is 1.09 bits per heavy atom. The predicted molar refractivity (Wildman–Crippen MR) is 130 cm³/mol. The zero-order valence-electron chi connectivity index (χ0n) is 19.1. The minimum Gasteiger partial charge on any atom is -0.477 e. The molecule has 1 saturated carbocycles. The van der Waals surface area contributed by atoms with Gasteiger partial charge in [0.05, 0.1) is 0 Å². The molecule has 3 heterocycles. The van der Waals surface area contributed by atoms with Gasteiger partial charge < -0.3 is 25.5 Å². The zero-order chi connectivity index (χ0) is 24.4. The van der Waals surface area contributed by atoms with Gasteiger partial charge in [0.1, 0.15) is 5.69 Å². The number of aromatic amines is 1. The Morgan fingerprint density at radius 2 is 1.83 bits per heavy atom.